The summed E-state index contributed by atoms with van der Waals surface area (Å²) >= 11 is 0. The minimum Gasteiger partial charge on any atom is -0.466 e. The van der Waals surface area contributed by atoms with E-state index in [1.165, 1.54) is 0 Å². The van der Waals surface area contributed by atoms with Crippen LogP contribution in [0.1, 0.15) is 37.3 Å². The second kappa shape index (κ2) is 7.88. The summed E-state index contributed by atoms with van der Waals surface area (Å²) in [4.78, 5) is 19.7. The van der Waals surface area contributed by atoms with Gasteiger partial charge in [0, 0.05) is 25.2 Å². The van der Waals surface area contributed by atoms with Gasteiger partial charge in [-0.3, -0.25) is 20.5 Å². The Hall–Kier alpha value is -2.38. The average Bonchev–Trinajstić information content (AvgIpc) is 3.05. The number of esters is 1. The van der Waals surface area contributed by atoms with Gasteiger partial charge in [0.25, 0.3) is 0 Å². The van der Waals surface area contributed by atoms with Gasteiger partial charge in [-0.25, -0.2) is 0 Å². The van der Waals surface area contributed by atoms with E-state index in [9.17, 15) is 4.79 Å². The summed E-state index contributed by atoms with van der Waals surface area (Å²) in [6.45, 7) is 4.75. The van der Waals surface area contributed by atoms with E-state index in [1.54, 1.807) is 0 Å². The molecule has 0 unspecified atom stereocenters. The lowest BCUT2D eigenvalue weighted by atomic mass is 9.90. The molecule has 1 spiro atoms. The normalized spacial score (nSPS) is 19.0. The Bertz CT molecular complexity index is 691. The number of piperidine rings is 1. The molecule has 7 nitrogen and oxygen atoms in total. The molecule has 3 rings (SSSR count). The van der Waals surface area contributed by atoms with Crippen LogP contribution in [0.25, 0.3) is 5.70 Å². The van der Waals surface area contributed by atoms with Gasteiger partial charge in [0.2, 0.25) is 0 Å². The third-order valence-electron chi connectivity index (χ3n) is 4.92. The van der Waals surface area contributed by atoms with Crippen LogP contribution in [-0.2, 0) is 14.4 Å². The van der Waals surface area contributed by atoms with Crippen LogP contribution in [-0.4, -0.2) is 48.5 Å². The number of benzene rings is 1. The second-order valence-corrected chi connectivity index (χ2v) is 6.71. The first kappa shape index (κ1) is 18.4. The van der Waals surface area contributed by atoms with Gasteiger partial charge >= 0.3 is 5.97 Å². The smallest absolute Gasteiger partial charge is 0.307 e. The van der Waals surface area contributed by atoms with Gasteiger partial charge < -0.3 is 15.4 Å². The van der Waals surface area contributed by atoms with Crippen LogP contribution >= 0.6 is 0 Å². The van der Waals surface area contributed by atoms with Crippen molar-refractivity contribution >= 4 is 17.5 Å². The molecule has 1 saturated heterocycles. The van der Waals surface area contributed by atoms with Crippen molar-refractivity contribution in [1.82, 2.24) is 10.4 Å². The van der Waals surface area contributed by atoms with Crippen molar-refractivity contribution < 1.29 is 14.4 Å². The summed E-state index contributed by atoms with van der Waals surface area (Å²) in [5, 5.41) is 7.46. The van der Waals surface area contributed by atoms with Crippen LogP contribution in [0.15, 0.2) is 30.3 Å². The number of amidine groups is 1. The second-order valence-electron chi connectivity index (χ2n) is 6.71. The van der Waals surface area contributed by atoms with Crippen molar-refractivity contribution in [3.8, 4) is 0 Å². The fourth-order valence-corrected chi connectivity index (χ4v) is 3.33. The van der Waals surface area contributed by atoms with E-state index in [4.69, 9.17) is 20.7 Å². The number of hydroxylamine groups is 1. The zero-order valence-electron chi connectivity index (χ0n) is 15.1. The molecule has 0 bridgehead atoms. The summed E-state index contributed by atoms with van der Waals surface area (Å²) in [5.41, 5.74) is 10.9. The van der Waals surface area contributed by atoms with Crippen molar-refractivity contribution in [2.75, 3.05) is 26.2 Å². The van der Waals surface area contributed by atoms with Crippen LogP contribution in [0.5, 0.6) is 0 Å². The number of carbonyl (C=O) groups excluding carboxylic acids is 1. The molecule has 1 fully saturated rings. The largest absolute Gasteiger partial charge is 0.466 e. The zero-order valence-corrected chi connectivity index (χ0v) is 15.1. The third kappa shape index (κ3) is 4.23. The first-order valence-electron chi connectivity index (χ1n) is 9.01. The summed E-state index contributed by atoms with van der Waals surface area (Å²) in [5.74, 6) is -0.0735. The van der Waals surface area contributed by atoms with Crippen LogP contribution in [0.3, 0.4) is 0 Å². The maximum atomic E-state index is 11.5. The third-order valence-corrected chi connectivity index (χ3v) is 4.92. The van der Waals surface area contributed by atoms with Crippen LogP contribution in [0, 0.1) is 5.41 Å². The molecule has 0 aromatic heterocycles. The van der Waals surface area contributed by atoms with Crippen LogP contribution < -0.4 is 11.2 Å². The number of nitrogen functional groups attached to an aromatic ring is 1. The summed E-state index contributed by atoms with van der Waals surface area (Å²) in [6.07, 6.45) is 4.33. The molecule has 0 aliphatic carbocycles. The van der Waals surface area contributed by atoms with Gasteiger partial charge in [-0.1, -0.05) is 24.3 Å². The molecule has 2 aliphatic heterocycles. The predicted molar refractivity (Wildman–Crippen MR) is 99.3 cm³/mol. The van der Waals surface area contributed by atoms with Crippen LogP contribution in [0.4, 0.5) is 0 Å². The molecule has 2 aliphatic rings. The Morgan fingerprint density at radius 1 is 1.35 bits per heavy atom. The number of hydrogen-bond donors (Lipinski definition) is 3. The summed E-state index contributed by atoms with van der Waals surface area (Å²) in [7, 11) is 0. The average molecular weight is 358 g/mol. The molecular formula is C19H26N4O3. The number of nitrogens with zero attached hydrogens (tertiary/aromatic N) is 1. The van der Waals surface area contributed by atoms with Gasteiger partial charge in [-0.15, -0.1) is 0 Å². The Balaban J connectivity index is 1.56. The monoisotopic (exact) mass is 358 g/mol. The number of nitrogens with two attached hydrogens (primary N) is 1. The number of rotatable bonds is 6. The van der Waals surface area contributed by atoms with Crippen molar-refractivity contribution in [2.24, 2.45) is 5.73 Å². The molecule has 0 saturated carbocycles. The lowest BCUT2D eigenvalue weighted by Gasteiger charge is -2.36. The molecule has 0 atom stereocenters. The maximum absolute atomic E-state index is 11.5. The van der Waals surface area contributed by atoms with Crippen molar-refractivity contribution in [3.63, 3.8) is 0 Å². The van der Waals surface area contributed by atoms with Gasteiger partial charge in [-0.2, -0.15) is 0 Å². The minimum atomic E-state index is -0.297. The molecule has 1 aromatic rings. The molecule has 0 amide bonds. The Kier molecular flexibility index (Phi) is 5.58. The molecule has 26 heavy (non-hydrogen) atoms. The topological polar surface area (TPSA) is 101 Å². The molecule has 1 aromatic carbocycles. The molecule has 4 N–H and O–H groups in total. The van der Waals surface area contributed by atoms with E-state index in [2.05, 4.69) is 16.5 Å². The Morgan fingerprint density at radius 3 is 2.65 bits per heavy atom. The molecule has 140 valence electrons. The van der Waals surface area contributed by atoms with E-state index in [-0.39, 0.29) is 17.4 Å². The Morgan fingerprint density at radius 2 is 2.04 bits per heavy atom. The van der Waals surface area contributed by atoms with Gasteiger partial charge in [-0.05, 0) is 31.4 Å². The Labute approximate surface area is 153 Å². The van der Waals surface area contributed by atoms with E-state index in [0.29, 0.717) is 18.6 Å². The van der Waals surface area contributed by atoms with E-state index in [1.807, 2.05) is 31.2 Å². The number of ether oxygens (including phenoxy) is 1. The molecule has 0 radical (unpaired) electrons. The van der Waals surface area contributed by atoms with Gasteiger partial charge in [0.15, 0.2) is 0 Å². The number of hydrogen-bond acceptors (Lipinski definition) is 6. The van der Waals surface area contributed by atoms with Crippen LogP contribution in [0.2, 0.25) is 0 Å². The highest BCUT2D eigenvalue weighted by Gasteiger charge is 2.38. The highest BCUT2D eigenvalue weighted by Crippen LogP contribution is 2.34. The van der Waals surface area contributed by atoms with Gasteiger partial charge in [0.05, 0.1) is 18.7 Å². The number of likely N-dealkylation sites (tertiary alicyclic amines) is 1. The quantitative estimate of drug-likeness (QED) is 0.406. The van der Waals surface area contributed by atoms with Crippen molar-refractivity contribution in [1.29, 1.82) is 5.41 Å². The van der Waals surface area contributed by atoms with Gasteiger partial charge in [0.1, 0.15) is 11.4 Å². The standard InChI is InChI=1S/C19H26N4O3/c1-2-25-17(24)7-10-23-11-8-19(9-12-23)13-16(22-26-19)14-3-5-15(6-4-14)18(20)21/h3-6,13,22H,2,7-12H2,1H3,(H3,20,21). The predicted octanol–water partition coefficient (Wildman–Crippen LogP) is 1.63. The number of carbonyl (C=O) groups is 1. The maximum Gasteiger partial charge on any atom is 0.307 e. The fraction of sp³-hybridized carbons (Fsp3) is 0.474. The van der Waals surface area contributed by atoms with Crippen molar-refractivity contribution in [3.05, 3.63) is 41.5 Å². The molecule has 2 heterocycles. The zero-order chi connectivity index (χ0) is 18.6. The molecular weight excluding hydrogens is 332 g/mol. The lowest BCUT2D eigenvalue weighted by Crippen LogP contribution is -2.45. The SMILES string of the molecule is CCOC(=O)CCN1CCC2(C=C(c3ccc(C(=N)N)cc3)NO2)CC1. The fourth-order valence-electron chi connectivity index (χ4n) is 3.33. The lowest BCUT2D eigenvalue weighted by molar-refractivity contribution is -0.143. The highest BCUT2D eigenvalue weighted by atomic mass is 16.7. The van der Waals surface area contributed by atoms with E-state index < -0.39 is 0 Å². The first-order chi connectivity index (χ1) is 12.5. The molecule has 7 heteroatoms. The van der Waals surface area contributed by atoms with E-state index >= 15 is 0 Å². The summed E-state index contributed by atoms with van der Waals surface area (Å²) in [6, 6.07) is 7.55. The van der Waals surface area contributed by atoms with Crippen molar-refractivity contribution in [2.45, 2.75) is 31.8 Å². The minimum absolute atomic E-state index is 0.0628. The summed E-state index contributed by atoms with van der Waals surface area (Å²) < 4.78 is 4.98. The highest BCUT2D eigenvalue weighted by molar-refractivity contribution is 5.95. The number of nitrogens with one attached hydrogen (secondary N) is 2. The first-order valence-corrected chi connectivity index (χ1v) is 9.01. The van der Waals surface area contributed by atoms with E-state index in [0.717, 1.165) is 43.7 Å².